The molecule has 0 radical (unpaired) electrons. The first-order valence-electron chi connectivity index (χ1n) is 5.75. The van der Waals surface area contributed by atoms with E-state index in [9.17, 15) is 9.90 Å². The van der Waals surface area contributed by atoms with Gasteiger partial charge < -0.3 is 14.7 Å². The number of halogens is 1. The number of hydrogen-bond donors (Lipinski definition) is 1. The van der Waals surface area contributed by atoms with Crippen molar-refractivity contribution < 1.29 is 14.6 Å². The van der Waals surface area contributed by atoms with Crippen molar-refractivity contribution in [2.24, 2.45) is 0 Å². The summed E-state index contributed by atoms with van der Waals surface area (Å²) in [6, 6.07) is 4.71. The van der Waals surface area contributed by atoms with Gasteiger partial charge in [-0.3, -0.25) is 4.79 Å². The van der Waals surface area contributed by atoms with Gasteiger partial charge in [0, 0.05) is 25.0 Å². The van der Waals surface area contributed by atoms with Gasteiger partial charge in [-0.25, -0.2) is 0 Å². The Labute approximate surface area is 112 Å². The Balaban J connectivity index is 2.57. The highest BCUT2D eigenvalue weighted by Crippen LogP contribution is 2.16. The Morgan fingerprint density at radius 1 is 1.44 bits per heavy atom. The zero-order chi connectivity index (χ0) is 13.5. The maximum Gasteiger partial charge on any atom is 0.253 e. The number of benzene rings is 1. The number of likely N-dealkylation sites (N-methyl/N-ethyl adjacent to an activating group) is 1. The number of phenolic OH excluding ortho intramolecular Hbond substituents is 1. The minimum Gasteiger partial charge on any atom is -0.508 e. The minimum absolute atomic E-state index is 0.0815. The summed E-state index contributed by atoms with van der Waals surface area (Å²) in [5.41, 5.74) is 1.35. The second-order valence-electron chi connectivity index (χ2n) is 4.03. The van der Waals surface area contributed by atoms with Gasteiger partial charge in [0.05, 0.1) is 13.2 Å². The highest BCUT2D eigenvalue weighted by atomic mass is 35.5. The lowest BCUT2D eigenvalue weighted by Gasteiger charge is -2.18. The van der Waals surface area contributed by atoms with E-state index in [4.69, 9.17) is 16.3 Å². The summed E-state index contributed by atoms with van der Waals surface area (Å²) < 4.78 is 5.22. The van der Waals surface area contributed by atoms with Gasteiger partial charge in [-0.1, -0.05) is 0 Å². The third kappa shape index (κ3) is 4.20. The van der Waals surface area contributed by atoms with Gasteiger partial charge in [-0.05, 0) is 30.7 Å². The fraction of sp³-hybridized carbons (Fsp3) is 0.462. The highest BCUT2D eigenvalue weighted by molar-refractivity contribution is 6.17. The summed E-state index contributed by atoms with van der Waals surface area (Å²) in [7, 11) is 1.72. The molecule has 18 heavy (non-hydrogen) atoms. The molecular weight excluding hydrogens is 254 g/mol. The van der Waals surface area contributed by atoms with Crippen LogP contribution in [0.5, 0.6) is 5.75 Å². The Bertz CT molecular complexity index is 409. The molecule has 0 aliphatic rings. The van der Waals surface area contributed by atoms with Crippen LogP contribution in [0.25, 0.3) is 0 Å². The number of carbonyl (C=O) groups excluding carboxylic acids is 1. The molecule has 0 saturated carbocycles. The first-order valence-corrected chi connectivity index (χ1v) is 6.28. The number of aryl methyl sites for hydroxylation is 1. The molecule has 0 fully saturated rings. The number of ether oxygens (including phenoxy) is 1. The van der Waals surface area contributed by atoms with Crippen molar-refractivity contribution in [1.29, 1.82) is 0 Å². The van der Waals surface area contributed by atoms with Crippen molar-refractivity contribution in [3.05, 3.63) is 29.3 Å². The predicted octanol–water partition coefficient (Wildman–Crippen LogP) is 2.03. The topological polar surface area (TPSA) is 49.8 Å². The summed E-state index contributed by atoms with van der Waals surface area (Å²) in [5.74, 6) is 0.536. The van der Waals surface area contributed by atoms with E-state index < -0.39 is 0 Å². The lowest BCUT2D eigenvalue weighted by molar-refractivity contribution is 0.0711. The molecule has 0 aromatic heterocycles. The number of aromatic hydroxyl groups is 1. The maximum atomic E-state index is 12.1. The second kappa shape index (κ2) is 7.24. The van der Waals surface area contributed by atoms with Crippen LogP contribution in [0.15, 0.2) is 18.2 Å². The third-order valence-electron chi connectivity index (χ3n) is 2.58. The summed E-state index contributed by atoms with van der Waals surface area (Å²) in [4.78, 5) is 13.7. The fourth-order valence-corrected chi connectivity index (χ4v) is 1.66. The van der Waals surface area contributed by atoms with Crippen LogP contribution in [0, 0.1) is 6.92 Å². The van der Waals surface area contributed by atoms with Crippen molar-refractivity contribution in [2.75, 3.05) is 32.7 Å². The minimum atomic E-state index is -0.0815. The van der Waals surface area contributed by atoms with E-state index >= 15 is 0 Å². The van der Waals surface area contributed by atoms with Crippen molar-refractivity contribution in [3.8, 4) is 5.75 Å². The van der Waals surface area contributed by atoms with Gasteiger partial charge in [0.25, 0.3) is 5.91 Å². The Morgan fingerprint density at radius 3 is 2.78 bits per heavy atom. The van der Waals surface area contributed by atoms with E-state index in [1.807, 2.05) is 0 Å². The smallest absolute Gasteiger partial charge is 0.253 e. The molecule has 0 heterocycles. The van der Waals surface area contributed by atoms with Crippen molar-refractivity contribution in [3.63, 3.8) is 0 Å². The highest BCUT2D eigenvalue weighted by Gasteiger charge is 2.13. The van der Waals surface area contributed by atoms with Crippen molar-refractivity contribution >= 4 is 17.5 Å². The number of alkyl halides is 1. The average Bonchev–Trinajstić information content (AvgIpc) is 2.33. The zero-order valence-corrected chi connectivity index (χ0v) is 11.4. The van der Waals surface area contributed by atoms with Gasteiger partial charge in [0.15, 0.2) is 0 Å². The molecule has 0 atom stereocenters. The van der Waals surface area contributed by atoms with E-state index in [1.54, 1.807) is 31.0 Å². The molecule has 1 N–H and O–H groups in total. The summed E-state index contributed by atoms with van der Waals surface area (Å²) in [6.45, 7) is 3.26. The number of hydrogen-bond acceptors (Lipinski definition) is 3. The number of rotatable bonds is 6. The maximum absolute atomic E-state index is 12.1. The summed E-state index contributed by atoms with van der Waals surface area (Å²) in [6.07, 6.45) is 0. The van der Waals surface area contributed by atoms with Crippen LogP contribution in [0.1, 0.15) is 15.9 Å². The first-order chi connectivity index (χ1) is 8.56. The lowest BCUT2D eigenvalue weighted by Crippen LogP contribution is -2.30. The Hall–Kier alpha value is -1.26. The third-order valence-corrected chi connectivity index (χ3v) is 2.73. The molecular formula is C13H18ClNO3. The van der Waals surface area contributed by atoms with Gasteiger partial charge >= 0.3 is 0 Å². The lowest BCUT2D eigenvalue weighted by atomic mass is 10.1. The van der Waals surface area contributed by atoms with Gasteiger partial charge in [0.1, 0.15) is 5.75 Å². The average molecular weight is 272 g/mol. The van der Waals surface area contributed by atoms with Crippen molar-refractivity contribution in [1.82, 2.24) is 4.90 Å². The largest absolute Gasteiger partial charge is 0.508 e. The molecule has 0 aliphatic carbocycles. The van der Waals surface area contributed by atoms with Gasteiger partial charge in [-0.2, -0.15) is 0 Å². The number of nitrogens with zero attached hydrogens (tertiary/aromatic N) is 1. The number of amides is 1. The monoisotopic (exact) mass is 271 g/mol. The quantitative estimate of drug-likeness (QED) is 0.636. The molecule has 0 spiro atoms. The molecule has 1 amide bonds. The zero-order valence-electron chi connectivity index (χ0n) is 10.6. The molecule has 1 aromatic rings. The summed E-state index contributed by atoms with van der Waals surface area (Å²) in [5, 5.41) is 9.30. The number of phenols is 1. The van der Waals surface area contributed by atoms with Crippen LogP contribution >= 0.6 is 11.6 Å². The van der Waals surface area contributed by atoms with Crippen molar-refractivity contribution in [2.45, 2.75) is 6.92 Å². The Kier molecular flexibility index (Phi) is 5.95. The molecule has 0 aliphatic heterocycles. The summed E-state index contributed by atoms with van der Waals surface area (Å²) >= 11 is 5.48. The molecule has 1 aromatic carbocycles. The number of carbonyl (C=O) groups is 1. The van der Waals surface area contributed by atoms with Crippen LogP contribution in [0.4, 0.5) is 0 Å². The second-order valence-corrected chi connectivity index (χ2v) is 4.41. The van der Waals surface area contributed by atoms with E-state index in [2.05, 4.69) is 0 Å². The van der Waals surface area contributed by atoms with E-state index in [0.717, 1.165) is 5.56 Å². The van der Waals surface area contributed by atoms with Crippen LogP contribution in [-0.2, 0) is 4.74 Å². The van der Waals surface area contributed by atoms with Crippen LogP contribution in [-0.4, -0.2) is 48.6 Å². The Morgan fingerprint density at radius 2 is 2.17 bits per heavy atom. The van der Waals surface area contributed by atoms with Gasteiger partial charge in [-0.15, -0.1) is 11.6 Å². The SMILES string of the molecule is Cc1cc(O)ccc1C(=O)N(C)CCOCCCl. The molecule has 0 saturated heterocycles. The normalized spacial score (nSPS) is 10.4. The van der Waals surface area contributed by atoms with Gasteiger partial charge in [0.2, 0.25) is 0 Å². The molecule has 0 unspecified atom stereocenters. The molecule has 5 heteroatoms. The van der Waals surface area contributed by atoms with Crippen LogP contribution in [0.2, 0.25) is 0 Å². The molecule has 1 rings (SSSR count). The molecule has 4 nitrogen and oxygen atoms in total. The first kappa shape index (κ1) is 14.8. The molecule has 0 bridgehead atoms. The fourth-order valence-electron chi connectivity index (χ4n) is 1.55. The van der Waals surface area contributed by atoms with E-state index in [0.29, 0.717) is 31.2 Å². The van der Waals surface area contributed by atoms with E-state index in [-0.39, 0.29) is 11.7 Å². The predicted molar refractivity (Wildman–Crippen MR) is 71.3 cm³/mol. The van der Waals surface area contributed by atoms with E-state index in [1.165, 1.54) is 6.07 Å². The van der Waals surface area contributed by atoms with Crippen LogP contribution in [0.3, 0.4) is 0 Å². The standard InChI is InChI=1S/C13H18ClNO3/c1-10-9-11(16)3-4-12(10)13(17)15(2)6-8-18-7-5-14/h3-4,9,16H,5-8H2,1-2H3. The molecule has 100 valence electrons. The van der Waals surface area contributed by atoms with Crippen LogP contribution < -0.4 is 0 Å².